The van der Waals surface area contributed by atoms with Crippen molar-refractivity contribution < 1.29 is 14.4 Å². The first-order chi connectivity index (χ1) is 11.7. The maximum Gasteiger partial charge on any atom is 0.316 e. The summed E-state index contributed by atoms with van der Waals surface area (Å²) in [4.78, 5) is 41.6. The van der Waals surface area contributed by atoms with Crippen LogP contribution >= 0.6 is 11.6 Å². The summed E-state index contributed by atoms with van der Waals surface area (Å²) in [6, 6.07) is 5.42. The van der Waals surface area contributed by atoms with Gasteiger partial charge in [-0.05, 0) is 12.1 Å². The van der Waals surface area contributed by atoms with Gasteiger partial charge in [0, 0.05) is 61.3 Å². The van der Waals surface area contributed by atoms with Crippen LogP contribution in [0.1, 0.15) is 26.3 Å². The lowest BCUT2D eigenvalue weighted by molar-refractivity contribution is -0.147. The second-order valence-electron chi connectivity index (χ2n) is 7.21. The number of anilines is 1. The quantitative estimate of drug-likeness (QED) is 0.658. The van der Waals surface area contributed by atoms with E-state index in [9.17, 15) is 14.4 Å². The molecular formula is C18H22ClN3O3. The van der Waals surface area contributed by atoms with Gasteiger partial charge in [-0.3, -0.25) is 14.4 Å². The van der Waals surface area contributed by atoms with Crippen LogP contribution in [-0.2, 0) is 19.8 Å². The van der Waals surface area contributed by atoms with Gasteiger partial charge in [0.1, 0.15) is 0 Å². The fourth-order valence-corrected chi connectivity index (χ4v) is 4.05. The average Bonchev–Trinajstić information content (AvgIpc) is 2.86. The summed E-state index contributed by atoms with van der Waals surface area (Å²) < 4.78 is 0. The predicted octanol–water partition coefficient (Wildman–Crippen LogP) is 1.65. The van der Waals surface area contributed by atoms with Gasteiger partial charge in [0.2, 0.25) is 5.91 Å². The van der Waals surface area contributed by atoms with Gasteiger partial charge in [0.25, 0.3) is 0 Å². The lowest BCUT2D eigenvalue weighted by atomic mass is 9.87. The average molecular weight is 364 g/mol. The number of benzene rings is 1. The van der Waals surface area contributed by atoms with Crippen LogP contribution in [0.3, 0.4) is 0 Å². The fraction of sp³-hybridized carbons (Fsp3) is 0.500. The van der Waals surface area contributed by atoms with Gasteiger partial charge in [-0.2, -0.15) is 0 Å². The first-order valence-electron chi connectivity index (χ1n) is 8.37. The van der Waals surface area contributed by atoms with Crippen LogP contribution in [0.25, 0.3) is 0 Å². The fourth-order valence-electron chi connectivity index (χ4n) is 3.62. The van der Waals surface area contributed by atoms with Crippen molar-refractivity contribution in [2.24, 2.45) is 0 Å². The number of piperazine rings is 1. The van der Waals surface area contributed by atoms with Gasteiger partial charge in [-0.1, -0.05) is 31.5 Å². The molecule has 6 nitrogen and oxygen atoms in total. The molecule has 0 bridgehead atoms. The van der Waals surface area contributed by atoms with Crippen molar-refractivity contribution >= 4 is 35.0 Å². The van der Waals surface area contributed by atoms with Crippen LogP contribution in [0.4, 0.5) is 5.69 Å². The van der Waals surface area contributed by atoms with Gasteiger partial charge in [-0.25, -0.2) is 0 Å². The molecule has 3 rings (SSSR count). The molecule has 0 N–H and O–H groups in total. The van der Waals surface area contributed by atoms with Crippen LogP contribution in [0.2, 0.25) is 5.02 Å². The normalized spacial score (nSPS) is 19.0. The Morgan fingerprint density at radius 3 is 2.20 bits per heavy atom. The summed E-state index contributed by atoms with van der Waals surface area (Å²) >= 11 is 6.33. The predicted molar refractivity (Wildman–Crippen MR) is 95.7 cm³/mol. The molecule has 1 fully saturated rings. The third-order valence-corrected chi connectivity index (χ3v) is 5.27. The van der Waals surface area contributed by atoms with E-state index in [-0.39, 0.29) is 11.3 Å². The molecule has 0 saturated carbocycles. The SMILES string of the molecule is CC(=O)N1CCN(C(=O)C(=O)N2CC(C)(C)c3c(Cl)cccc32)CC1. The van der Waals surface area contributed by atoms with Crippen molar-refractivity contribution in [2.45, 2.75) is 26.2 Å². The van der Waals surface area contributed by atoms with Crippen molar-refractivity contribution in [1.82, 2.24) is 9.80 Å². The zero-order chi connectivity index (χ0) is 18.4. The molecule has 0 aromatic heterocycles. The molecule has 1 aromatic carbocycles. The Bertz CT molecular complexity index is 739. The molecule has 1 saturated heterocycles. The molecule has 0 spiro atoms. The highest BCUT2D eigenvalue weighted by atomic mass is 35.5. The van der Waals surface area contributed by atoms with E-state index in [1.54, 1.807) is 17.0 Å². The van der Waals surface area contributed by atoms with Gasteiger partial charge in [0.05, 0.1) is 0 Å². The summed E-state index contributed by atoms with van der Waals surface area (Å²) in [5.41, 5.74) is 1.30. The minimum atomic E-state index is -0.537. The minimum Gasteiger partial charge on any atom is -0.339 e. The van der Waals surface area contributed by atoms with Crippen LogP contribution in [0.15, 0.2) is 18.2 Å². The maximum absolute atomic E-state index is 12.8. The second kappa shape index (κ2) is 6.33. The first-order valence-corrected chi connectivity index (χ1v) is 8.75. The third-order valence-electron chi connectivity index (χ3n) is 4.95. The van der Waals surface area contributed by atoms with Gasteiger partial charge in [-0.15, -0.1) is 0 Å². The topological polar surface area (TPSA) is 60.9 Å². The standard InChI is InChI=1S/C18H22ClN3O3/c1-12(23)20-7-9-21(10-8-20)16(24)17(25)22-11-18(2,3)15-13(19)5-4-6-14(15)22/h4-6H,7-11H2,1-3H3. The molecule has 7 heteroatoms. The Balaban J connectivity index is 1.78. The van der Waals surface area contributed by atoms with E-state index >= 15 is 0 Å². The third kappa shape index (κ3) is 3.11. The number of fused-ring (bicyclic) bond motifs is 1. The Morgan fingerprint density at radius 1 is 1.00 bits per heavy atom. The van der Waals surface area contributed by atoms with Gasteiger partial charge in [0.15, 0.2) is 0 Å². The molecule has 2 aliphatic heterocycles. The Hall–Kier alpha value is -2.08. The van der Waals surface area contributed by atoms with Crippen LogP contribution in [0, 0.1) is 0 Å². The van der Waals surface area contributed by atoms with Crippen molar-refractivity contribution in [3.05, 3.63) is 28.8 Å². The van der Waals surface area contributed by atoms with E-state index in [1.165, 1.54) is 16.7 Å². The van der Waals surface area contributed by atoms with E-state index in [0.717, 1.165) is 5.56 Å². The molecule has 3 amide bonds. The Kier molecular flexibility index (Phi) is 4.49. The molecule has 2 aliphatic rings. The zero-order valence-corrected chi connectivity index (χ0v) is 15.5. The summed E-state index contributed by atoms with van der Waals surface area (Å²) in [5, 5.41) is 0.611. The number of halogens is 1. The number of nitrogens with zero attached hydrogens (tertiary/aromatic N) is 3. The smallest absolute Gasteiger partial charge is 0.316 e. The molecule has 25 heavy (non-hydrogen) atoms. The number of hydrogen-bond donors (Lipinski definition) is 0. The highest BCUT2D eigenvalue weighted by Gasteiger charge is 2.42. The summed E-state index contributed by atoms with van der Waals surface area (Å²) in [5.74, 6) is -1.07. The molecule has 134 valence electrons. The molecule has 1 aromatic rings. The number of rotatable bonds is 0. The Labute approximate surface area is 152 Å². The number of hydrogen-bond acceptors (Lipinski definition) is 3. The lowest BCUT2D eigenvalue weighted by Crippen LogP contribution is -2.54. The van der Waals surface area contributed by atoms with Crippen molar-refractivity contribution in [3.8, 4) is 0 Å². The van der Waals surface area contributed by atoms with E-state index in [0.29, 0.717) is 43.4 Å². The molecular weight excluding hydrogens is 342 g/mol. The van der Waals surface area contributed by atoms with E-state index < -0.39 is 11.8 Å². The van der Waals surface area contributed by atoms with Gasteiger partial charge >= 0.3 is 11.8 Å². The lowest BCUT2D eigenvalue weighted by Gasteiger charge is -2.34. The highest BCUT2D eigenvalue weighted by Crippen LogP contribution is 2.44. The number of carbonyl (C=O) groups excluding carboxylic acids is 3. The van der Waals surface area contributed by atoms with Crippen molar-refractivity contribution in [3.63, 3.8) is 0 Å². The zero-order valence-electron chi connectivity index (χ0n) is 14.7. The number of carbonyl (C=O) groups is 3. The molecule has 0 unspecified atom stereocenters. The molecule has 0 radical (unpaired) electrons. The summed E-state index contributed by atoms with van der Waals surface area (Å²) in [6.07, 6.45) is 0. The van der Waals surface area contributed by atoms with Crippen LogP contribution < -0.4 is 4.90 Å². The summed E-state index contributed by atoms with van der Waals surface area (Å²) in [7, 11) is 0. The van der Waals surface area contributed by atoms with Crippen molar-refractivity contribution in [2.75, 3.05) is 37.6 Å². The van der Waals surface area contributed by atoms with Gasteiger partial charge < -0.3 is 14.7 Å². The van der Waals surface area contributed by atoms with E-state index in [1.807, 2.05) is 19.9 Å². The number of amides is 3. The Morgan fingerprint density at radius 2 is 1.60 bits per heavy atom. The molecule has 0 atom stereocenters. The van der Waals surface area contributed by atoms with E-state index in [2.05, 4.69) is 0 Å². The maximum atomic E-state index is 12.8. The van der Waals surface area contributed by atoms with E-state index in [4.69, 9.17) is 11.6 Å². The monoisotopic (exact) mass is 363 g/mol. The molecule has 0 aliphatic carbocycles. The first kappa shape index (κ1) is 17.7. The second-order valence-corrected chi connectivity index (χ2v) is 7.61. The summed E-state index contributed by atoms with van der Waals surface area (Å²) in [6.45, 7) is 7.64. The van der Waals surface area contributed by atoms with Crippen LogP contribution in [-0.4, -0.2) is 60.2 Å². The molecule has 2 heterocycles. The largest absolute Gasteiger partial charge is 0.339 e. The van der Waals surface area contributed by atoms with Crippen molar-refractivity contribution in [1.29, 1.82) is 0 Å². The van der Waals surface area contributed by atoms with Crippen LogP contribution in [0.5, 0.6) is 0 Å². The highest BCUT2D eigenvalue weighted by molar-refractivity contribution is 6.41. The minimum absolute atomic E-state index is 0.0108.